The maximum absolute atomic E-state index is 11.9. The molecule has 0 saturated carbocycles. The van der Waals surface area contributed by atoms with Crippen LogP contribution in [-0.4, -0.2) is 16.6 Å². The highest BCUT2D eigenvalue weighted by atomic mass is 35.5. The molecule has 0 aliphatic heterocycles. The third kappa shape index (κ3) is 4.73. The van der Waals surface area contributed by atoms with Crippen LogP contribution in [0.15, 0.2) is 34.0 Å². The van der Waals surface area contributed by atoms with Gasteiger partial charge in [-0.15, -0.1) is 11.3 Å². The number of aromatic nitrogens is 1. The summed E-state index contributed by atoms with van der Waals surface area (Å²) in [5.41, 5.74) is 1.73. The predicted molar refractivity (Wildman–Crippen MR) is 91.6 cm³/mol. The molecule has 1 amide bonds. The number of thiazole rings is 1. The van der Waals surface area contributed by atoms with Crippen molar-refractivity contribution in [3.8, 4) is 0 Å². The van der Waals surface area contributed by atoms with Gasteiger partial charge in [-0.3, -0.25) is 4.79 Å². The third-order valence-electron chi connectivity index (χ3n) is 2.73. The summed E-state index contributed by atoms with van der Waals surface area (Å²) in [6.07, 6.45) is 0. The first kappa shape index (κ1) is 16.3. The topological polar surface area (TPSA) is 42.0 Å². The smallest absolute Gasteiger partial charge is 0.234 e. The van der Waals surface area contributed by atoms with E-state index < -0.39 is 0 Å². The molecule has 0 radical (unpaired) electrons. The molecule has 3 nitrogen and oxygen atoms in total. The second-order valence-electron chi connectivity index (χ2n) is 5.57. The Hall–Kier alpha value is -1.04. The molecule has 0 atom stereocenters. The van der Waals surface area contributed by atoms with Crippen molar-refractivity contribution in [1.82, 2.24) is 4.98 Å². The Morgan fingerprint density at radius 2 is 2.10 bits per heavy atom. The number of thioether (sulfide) groups is 1. The van der Waals surface area contributed by atoms with Gasteiger partial charge in [0.1, 0.15) is 0 Å². The summed E-state index contributed by atoms with van der Waals surface area (Å²) in [4.78, 5) is 16.5. The maximum Gasteiger partial charge on any atom is 0.234 e. The average molecular weight is 341 g/mol. The molecule has 0 unspecified atom stereocenters. The van der Waals surface area contributed by atoms with Crippen LogP contribution in [0, 0.1) is 0 Å². The molecule has 1 heterocycles. The zero-order valence-electron chi connectivity index (χ0n) is 12.1. The van der Waals surface area contributed by atoms with Gasteiger partial charge in [0.2, 0.25) is 5.91 Å². The number of nitrogens with one attached hydrogen (secondary N) is 1. The van der Waals surface area contributed by atoms with Crippen molar-refractivity contribution >= 4 is 46.3 Å². The van der Waals surface area contributed by atoms with E-state index in [9.17, 15) is 4.79 Å². The fourth-order valence-electron chi connectivity index (χ4n) is 1.54. The summed E-state index contributed by atoms with van der Waals surface area (Å²) < 4.78 is 0.911. The Bertz CT molecular complexity index is 635. The van der Waals surface area contributed by atoms with Crippen LogP contribution >= 0.6 is 34.7 Å². The van der Waals surface area contributed by atoms with E-state index in [4.69, 9.17) is 11.6 Å². The van der Waals surface area contributed by atoms with Crippen LogP contribution in [0.25, 0.3) is 0 Å². The maximum atomic E-state index is 11.9. The lowest BCUT2D eigenvalue weighted by Crippen LogP contribution is -2.14. The van der Waals surface area contributed by atoms with E-state index in [-0.39, 0.29) is 11.3 Å². The zero-order chi connectivity index (χ0) is 15.5. The number of anilines is 1. The molecule has 112 valence electrons. The van der Waals surface area contributed by atoms with Gasteiger partial charge in [-0.25, -0.2) is 4.98 Å². The predicted octanol–water partition coefficient (Wildman–Crippen LogP) is 4.82. The number of nitrogens with zero attached hydrogens (tertiary/aromatic N) is 1. The highest BCUT2D eigenvalue weighted by Crippen LogP contribution is 2.29. The summed E-state index contributed by atoms with van der Waals surface area (Å²) in [6.45, 7) is 6.38. The van der Waals surface area contributed by atoms with E-state index >= 15 is 0 Å². The lowest BCUT2D eigenvalue weighted by Gasteiger charge is -2.14. The molecule has 1 aromatic heterocycles. The van der Waals surface area contributed by atoms with Crippen LogP contribution in [0.4, 0.5) is 5.69 Å². The van der Waals surface area contributed by atoms with Crippen molar-refractivity contribution < 1.29 is 4.79 Å². The molecule has 6 heteroatoms. The van der Waals surface area contributed by atoms with Crippen molar-refractivity contribution in [3.63, 3.8) is 0 Å². The lowest BCUT2D eigenvalue weighted by atomic mass is 9.93. The first-order chi connectivity index (χ1) is 9.86. The Kier molecular flexibility index (Phi) is 5.30. The third-order valence-corrected chi connectivity index (χ3v) is 5.08. The molecule has 0 fully saturated rings. The van der Waals surface area contributed by atoms with E-state index in [2.05, 4.69) is 31.1 Å². The van der Waals surface area contributed by atoms with Crippen molar-refractivity contribution in [1.29, 1.82) is 0 Å². The number of hydrogen-bond acceptors (Lipinski definition) is 4. The Morgan fingerprint density at radius 1 is 1.38 bits per heavy atom. The molecule has 21 heavy (non-hydrogen) atoms. The number of halogens is 1. The Balaban J connectivity index is 1.90. The highest BCUT2D eigenvalue weighted by Gasteiger charge is 2.18. The molecular weight excluding hydrogens is 324 g/mol. The molecule has 1 N–H and O–H groups in total. The van der Waals surface area contributed by atoms with Gasteiger partial charge in [-0.05, 0) is 12.1 Å². The van der Waals surface area contributed by atoms with Crippen molar-refractivity contribution in [2.24, 2.45) is 0 Å². The first-order valence-corrected chi connectivity index (χ1v) is 8.74. The van der Waals surface area contributed by atoms with Crippen molar-refractivity contribution in [3.05, 3.63) is 40.4 Å². The largest absolute Gasteiger partial charge is 0.324 e. The van der Waals surface area contributed by atoms with Crippen LogP contribution in [0.1, 0.15) is 26.5 Å². The van der Waals surface area contributed by atoms with E-state index in [1.165, 1.54) is 11.8 Å². The monoisotopic (exact) mass is 340 g/mol. The summed E-state index contributed by atoms with van der Waals surface area (Å²) in [7, 11) is 0. The molecule has 2 rings (SSSR count). The minimum Gasteiger partial charge on any atom is -0.324 e. The van der Waals surface area contributed by atoms with Gasteiger partial charge in [0.15, 0.2) is 4.34 Å². The number of benzene rings is 1. The SMILES string of the molecule is CC(C)(C)c1csc(SCC(=O)Nc2ccccc2Cl)n1. The summed E-state index contributed by atoms with van der Waals surface area (Å²) in [6, 6.07) is 7.20. The molecule has 0 spiro atoms. The van der Waals surface area contributed by atoms with Gasteiger partial charge in [0.05, 0.1) is 22.2 Å². The quantitative estimate of drug-likeness (QED) is 0.811. The minimum absolute atomic E-state index is 0.0368. The highest BCUT2D eigenvalue weighted by molar-refractivity contribution is 8.01. The normalized spacial score (nSPS) is 11.4. The van der Waals surface area contributed by atoms with Gasteiger partial charge in [0, 0.05) is 10.8 Å². The Labute approximate surface area is 138 Å². The molecule has 0 aliphatic rings. The summed E-state index contributed by atoms with van der Waals surface area (Å²) >= 11 is 9.02. The molecule has 2 aromatic rings. The summed E-state index contributed by atoms with van der Waals surface area (Å²) in [5.74, 6) is 0.239. The van der Waals surface area contributed by atoms with Crippen LogP contribution < -0.4 is 5.32 Å². The number of hydrogen-bond donors (Lipinski definition) is 1. The Morgan fingerprint density at radius 3 is 2.71 bits per heavy atom. The number of carbonyl (C=O) groups excluding carboxylic acids is 1. The standard InChI is InChI=1S/C15H17ClN2OS2/c1-15(2,3)12-8-20-14(18-12)21-9-13(19)17-11-7-5-4-6-10(11)16/h4-8H,9H2,1-3H3,(H,17,19). The van der Waals surface area contributed by atoms with Crippen molar-refractivity contribution in [2.75, 3.05) is 11.1 Å². The molecule has 0 aliphatic carbocycles. The van der Waals surface area contributed by atoms with Gasteiger partial charge < -0.3 is 5.32 Å². The van der Waals surface area contributed by atoms with E-state index in [1.807, 2.05) is 17.5 Å². The number of para-hydroxylation sites is 1. The van der Waals surface area contributed by atoms with Crippen LogP contribution in [0.3, 0.4) is 0 Å². The first-order valence-electron chi connectivity index (χ1n) is 6.49. The van der Waals surface area contributed by atoms with Crippen LogP contribution in [-0.2, 0) is 10.2 Å². The fraction of sp³-hybridized carbons (Fsp3) is 0.333. The van der Waals surface area contributed by atoms with E-state index in [0.29, 0.717) is 16.5 Å². The van der Waals surface area contributed by atoms with Crippen LogP contribution in [0.5, 0.6) is 0 Å². The van der Waals surface area contributed by atoms with Gasteiger partial charge in [0.25, 0.3) is 0 Å². The fourth-order valence-corrected chi connectivity index (χ4v) is 3.58. The van der Waals surface area contributed by atoms with Gasteiger partial charge in [-0.2, -0.15) is 0 Å². The summed E-state index contributed by atoms with van der Waals surface area (Å²) in [5, 5.41) is 5.39. The number of carbonyl (C=O) groups is 1. The molecular formula is C15H17ClN2OS2. The minimum atomic E-state index is -0.0828. The zero-order valence-corrected chi connectivity index (χ0v) is 14.5. The van der Waals surface area contributed by atoms with Crippen molar-refractivity contribution in [2.45, 2.75) is 30.5 Å². The van der Waals surface area contributed by atoms with E-state index in [0.717, 1.165) is 10.0 Å². The molecule has 0 bridgehead atoms. The second-order valence-corrected chi connectivity index (χ2v) is 8.05. The average Bonchev–Trinajstić information content (AvgIpc) is 2.88. The van der Waals surface area contributed by atoms with Gasteiger partial charge >= 0.3 is 0 Å². The van der Waals surface area contributed by atoms with Crippen LogP contribution in [0.2, 0.25) is 5.02 Å². The van der Waals surface area contributed by atoms with Gasteiger partial charge in [-0.1, -0.05) is 56.3 Å². The number of rotatable bonds is 4. The number of amides is 1. The molecule has 0 saturated heterocycles. The molecule has 1 aromatic carbocycles. The second kappa shape index (κ2) is 6.81. The lowest BCUT2D eigenvalue weighted by molar-refractivity contribution is -0.113. The van der Waals surface area contributed by atoms with E-state index in [1.54, 1.807) is 23.5 Å².